The minimum absolute atomic E-state index is 0.332. The summed E-state index contributed by atoms with van der Waals surface area (Å²) in [4.78, 5) is 8.65. The molecule has 2 rings (SSSR count). The van der Waals surface area contributed by atoms with E-state index in [4.69, 9.17) is 14.2 Å². The zero-order chi connectivity index (χ0) is 15.1. The van der Waals surface area contributed by atoms with Gasteiger partial charge in [-0.05, 0) is 31.2 Å². The quantitative estimate of drug-likeness (QED) is 0.845. The average Bonchev–Trinajstić information content (AvgIpc) is 2.48. The molecule has 0 bridgehead atoms. The lowest BCUT2D eigenvalue weighted by atomic mass is 10.3. The van der Waals surface area contributed by atoms with Crippen LogP contribution in [0.5, 0.6) is 17.4 Å². The van der Waals surface area contributed by atoms with Gasteiger partial charge in [-0.25, -0.2) is 4.98 Å². The Morgan fingerprint density at radius 1 is 1.05 bits per heavy atom. The van der Waals surface area contributed by atoms with E-state index in [9.17, 15) is 0 Å². The van der Waals surface area contributed by atoms with Gasteiger partial charge in [-0.1, -0.05) is 0 Å². The fraction of sp³-hybridized carbons (Fsp3) is 0.333. The Balaban J connectivity index is 2.20. The number of hydrogen-bond donors (Lipinski definition) is 1. The summed E-state index contributed by atoms with van der Waals surface area (Å²) in [6.07, 6.45) is 0. The molecule has 1 N–H and O–H groups in total. The van der Waals surface area contributed by atoms with Crippen LogP contribution in [0.4, 0.5) is 5.82 Å². The first-order valence-electron chi connectivity index (χ1n) is 6.67. The molecular weight excluding hydrogens is 270 g/mol. The summed E-state index contributed by atoms with van der Waals surface area (Å²) in [7, 11) is 3.23. The molecule has 0 unspecified atom stereocenters. The summed E-state index contributed by atoms with van der Waals surface area (Å²) in [6.45, 7) is 3.10. The van der Waals surface area contributed by atoms with E-state index in [2.05, 4.69) is 15.3 Å². The van der Waals surface area contributed by atoms with Crippen LogP contribution in [0.1, 0.15) is 12.7 Å². The molecule has 0 saturated carbocycles. The maximum Gasteiger partial charge on any atom is 0.224 e. The molecule has 112 valence electrons. The van der Waals surface area contributed by atoms with Crippen molar-refractivity contribution in [2.45, 2.75) is 13.5 Å². The highest BCUT2D eigenvalue weighted by atomic mass is 16.5. The highest BCUT2D eigenvalue weighted by Crippen LogP contribution is 2.24. The van der Waals surface area contributed by atoms with E-state index < -0.39 is 0 Å². The van der Waals surface area contributed by atoms with Crippen LogP contribution in [-0.4, -0.2) is 30.7 Å². The number of nitrogens with one attached hydrogen (secondary N) is 1. The first-order chi connectivity index (χ1) is 10.2. The Kier molecular flexibility index (Phi) is 5.34. The summed E-state index contributed by atoms with van der Waals surface area (Å²) in [5.74, 6) is 3.21. The van der Waals surface area contributed by atoms with Crippen molar-refractivity contribution in [1.29, 1.82) is 0 Å². The molecule has 0 saturated heterocycles. The minimum atomic E-state index is 0.332. The number of rotatable bonds is 7. The molecule has 6 heteroatoms. The number of anilines is 1. The smallest absolute Gasteiger partial charge is 0.224 e. The third-order valence-electron chi connectivity index (χ3n) is 2.66. The fourth-order valence-electron chi connectivity index (χ4n) is 1.75. The predicted octanol–water partition coefficient (Wildman–Crippen LogP) is 2.86. The van der Waals surface area contributed by atoms with E-state index in [1.807, 2.05) is 31.2 Å². The van der Waals surface area contributed by atoms with Crippen LogP contribution in [-0.2, 0) is 11.3 Å². The maximum absolute atomic E-state index is 5.75. The lowest BCUT2D eigenvalue weighted by Gasteiger charge is -2.10. The van der Waals surface area contributed by atoms with E-state index in [1.54, 1.807) is 20.3 Å². The van der Waals surface area contributed by atoms with Crippen LogP contribution in [0.2, 0.25) is 0 Å². The minimum Gasteiger partial charge on any atom is -0.497 e. The Bertz CT molecular complexity index is 549. The molecule has 1 aromatic carbocycles. The first kappa shape index (κ1) is 15.1. The largest absolute Gasteiger partial charge is 0.497 e. The lowest BCUT2D eigenvalue weighted by Crippen LogP contribution is -2.05. The molecule has 1 heterocycles. The van der Waals surface area contributed by atoms with E-state index in [0.717, 1.165) is 12.3 Å². The van der Waals surface area contributed by atoms with Crippen molar-refractivity contribution in [3.05, 3.63) is 36.2 Å². The van der Waals surface area contributed by atoms with E-state index in [1.165, 1.54) is 0 Å². The van der Waals surface area contributed by atoms with Crippen molar-refractivity contribution in [3.8, 4) is 17.4 Å². The zero-order valence-electron chi connectivity index (χ0n) is 12.4. The molecule has 6 nitrogen and oxygen atoms in total. The van der Waals surface area contributed by atoms with Gasteiger partial charge in [0.05, 0.1) is 7.11 Å². The third kappa shape index (κ3) is 4.32. The van der Waals surface area contributed by atoms with Crippen molar-refractivity contribution in [3.63, 3.8) is 0 Å². The number of methoxy groups -OCH3 is 2. The summed E-state index contributed by atoms with van der Waals surface area (Å²) in [6, 6.07) is 9.07. The Hall–Kier alpha value is -2.34. The number of ether oxygens (including phenoxy) is 3. The first-order valence-corrected chi connectivity index (χ1v) is 6.67. The SMILES string of the molecule is CCNc1cc(Oc2ccc(OC)cc2)nc(COC)n1. The van der Waals surface area contributed by atoms with Crippen molar-refractivity contribution in [2.75, 3.05) is 26.1 Å². The second-order valence-corrected chi connectivity index (χ2v) is 4.25. The third-order valence-corrected chi connectivity index (χ3v) is 2.66. The maximum atomic E-state index is 5.75. The normalized spacial score (nSPS) is 10.2. The molecule has 0 aliphatic rings. The Labute approximate surface area is 124 Å². The second kappa shape index (κ2) is 7.44. The summed E-state index contributed by atoms with van der Waals surface area (Å²) in [5, 5.41) is 3.14. The number of aromatic nitrogens is 2. The van der Waals surface area contributed by atoms with Gasteiger partial charge >= 0.3 is 0 Å². The Morgan fingerprint density at radius 3 is 2.38 bits per heavy atom. The van der Waals surface area contributed by atoms with Crippen LogP contribution in [0.15, 0.2) is 30.3 Å². The van der Waals surface area contributed by atoms with E-state index in [0.29, 0.717) is 29.9 Å². The molecule has 0 amide bonds. The summed E-state index contributed by atoms with van der Waals surface area (Å²) < 4.78 is 15.9. The van der Waals surface area contributed by atoms with Crippen LogP contribution in [0, 0.1) is 0 Å². The van der Waals surface area contributed by atoms with Gasteiger partial charge in [-0.15, -0.1) is 0 Å². The Morgan fingerprint density at radius 2 is 1.76 bits per heavy atom. The van der Waals surface area contributed by atoms with Crippen LogP contribution >= 0.6 is 0 Å². The molecule has 0 aliphatic carbocycles. The van der Waals surface area contributed by atoms with Crippen LogP contribution in [0.3, 0.4) is 0 Å². The van der Waals surface area contributed by atoms with E-state index in [-0.39, 0.29) is 0 Å². The zero-order valence-corrected chi connectivity index (χ0v) is 12.4. The van der Waals surface area contributed by atoms with Gasteiger partial charge in [0.25, 0.3) is 0 Å². The van der Waals surface area contributed by atoms with Gasteiger partial charge in [0.2, 0.25) is 5.88 Å². The summed E-state index contributed by atoms with van der Waals surface area (Å²) in [5.41, 5.74) is 0. The monoisotopic (exact) mass is 289 g/mol. The van der Waals surface area contributed by atoms with Crippen molar-refractivity contribution in [2.24, 2.45) is 0 Å². The molecular formula is C15H19N3O3. The van der Waals surface area contributed by atoms with Gasteiger partial charge in [0.1, 0.15) is 23.9 Å². The van der Waals surface area contributed by atoms with Gasteiger partial charge in [0.15, 0.2) is 5.82 Å². The highest BCUT2D eigenvalue weighted by Gasteiger charge is 2.06. The second-order valence-electron chi connectivity index (χ2n) is 4.25. The van der Waals surface area contributed by atoms with Gasteiger partial charge < -0.3 is 19.5 Å². The molecule has 2 aromatic rings. The number of nitrogens with zero attached hydrogens (tertiary/aromatic N) is 2. The van der Waals surface area contributed by atoms with E-state index >= 15 is 0 Å². The lowest BCUT2D eigenvalue weighted by molar-refractivity contribution is 0.177. The molecule has 0 radical (unpaired) electrons. The van der Waals surface area contributed by atoms with Crippen LogP contribution in [0.25, 0.3) is 0 Å². The van der Waals surface area contributed by atoms with Gasteiger partial charge in [-0.3, -0.25) is 0 Å². The van der Waals surface area contributed by atoms with Crippen molar-refractivity contribution in [1.82, 2.24) is 9.97 Å². The van der Waals surface area contributed by atoms with Gasteiger partial charge in [0, 0.05) is 19.7 Å². The molecule has 0 aliphatic heterocycles. The molecule has 1 aromatic heterocycles. The average molecular weight is 289 g/mol. The fourth-order valence-corrected chi connectivity index (χ4v) is 1.75. The van der Waals surface area contributed by atoms with Gasteiger partial charge in [-0.2, -0.15) is 4.98 Å². The van der Waals surface area contributed by atoms with Crippen LogP contribution < -0.4 is 14.8 Å². The number of benzene rings is 1. The highest BCUT2D eigenvalue weighted by molar-refractivity contribution is 5.40. The molecule has 0 spiro atoms. The van der Waals surface area contributed by atoms with Crippen molar-refractivity contribution >= 4 is 5.82 Å². The standard InChI is InChI=1S/C15H19N3O3/c1-4-16-13-9-15(18-14(17-13)10-19-2)21-12-7-5-11(20-3)6-8-12/h5-9H,4,10H2,1-3H3,(H,16,17,18). The van der Waals surface area contributed by atoms with Crippen molar-refractivity contribution < 1.29 is 14.2 Å². The number of hydrogen-bond acceptors (Lipinski definition) is 6. The molecule has 0 fully saturated rings. The molecule has 0 atom stereocenters. The predicted molar refractivity (Wildman–Crippen MR) is 80.0 cm³/mol. The summed E-state index contributed by atoms with van der Waals surface area (Å²) >= 11 is 0. The topological polar surface area (TPSA) is 65.5 Å². The molecule has 21 heavy (non-hydrogen) atoms.